The molecule has 9 heteroatoms. The molecule has 2 aliphatic heterocycles. The van der Waals surface area contributed by atoms with Gasteiger partial charge in [-0.15, -0.1) is 0 Å². The zero-order chi connectivity index (χ0) is 25.4. The Balaban J connectivity index is 1.14. The monoisotopic (exact) mass is 502 g/mol. The molecule has 0 spiro atoms. The fraction of sp³-hybridized carbons (Fsp3) is 0.464. The summed E-state index contributed by atoms with van der Waals surface area (Å²) in [6, 6.07) is 8.37. The molecule has 3 N–H and O–H groups in total. The van der Waals surface area contributed by atoms with Crippen LogP contribution in [0.5, 0.6) is 5.75 Å². The van der Waals surface area contributed by atoms with Gasteiger partial charge in [0.05, 0.1) is 28.8 Å². The number of ether oxygens (including phenoxy) is 1. The van der Waals surface area contributed by atoms with E-state index in [1.807, 2.05) is 19.1 Å². The molecule has 1 amide bonds. The van der Waals surface area contributed by atoms with Gasteiger partial charge in [-0.25, -0.2) is 4.98 Å². The van der Waals surface area contributed by atoms with Crippen molar-refractivity contribution in [2.75, 3.05) is 49.5 Å². The van der Waals surface area contributed by atoms with Crippen LogP contribution in [-0.2, 0) is 13.0 Å². The number of nitrogens with zero attached hydrogens (tertiary/aromatic N) is 3. The first-order valence-corrected chi connectivity index (χ1v) is 13.4. The number of aromatic nitrogens is 2. The fourth-order valence-electron chi connectivity index (χ4n) is 5.36. The third-order valence-electron chi connectivity index (χ3n) is 7.47. The van der Waals surface area contributed by atoms with E-state index in [1.54, 1.807) is 6.20 Å². The first-order chi connectivity index (χ1) is 18.1. The van der Waals surface area contributed by atoms with Gasteiger partial charge in [-0.05, 0) is 62.4 Å². The number of H-pyrrole nitrogens is 1. The van der Waals surface area contributed by atoms with E-state index < -0.39 is 0 Å². The van der Waals surface area contributed by atoms with Crippen molar-refractivity contribution < 1.29 is 9.53 Å². The van der Waals surface area contributed by atoms with E-state index in [1.165, 1.54) is 0 Å². The van der Waals surface area contributed by atoms with Crippen LogP contribution in [0, 0.1) is 0 Å². The summed E-state index contributed by atoms with van der Waals surface area (Å²) in [5.41, 5.74) is 4.32. The summed E-state index contributed by atoms with van der Waals surface area (Å²) < 4.78 is 6.06. The molecule has 9 nitrogen and oxygen atoms in total. The lowest BCUT2D eigenvalue weighted by Gasteiger charge is -2.35. The number of amides is 1. The van der Waals surface area contributed by atoms with Gasteiger partial charge >= 0.3 is 0 Å². The maximum Gasteiger partial charge on any atom is 0.253 e. The summed E-state index contributed by atoms with van der Waals surface area (Å²) in [6.45, 7) is 7.73. The van der Waals surface area contributed by atoms with Crippen LogP contribution in [0.1, 0.15) is 47.7 Å². The number of carbonyl (C=O) groups is 1. The van der Waals surface area contributed by atoms with Crippen molar-refractivity contribution in [2.24, 2.45) is 0 Å². The molecule has 2 fully saturated rings. The van der Waals surface area contributed by atoms with Crippen molar-refractivity contribution in [3.63, 3.8) is 0 Å². The average Bonchev–Trinajstić information content (AvgIpc) is 3.73. The second kappa shape index (κ2) is 10.0. The molecule has 3 aliphatic rings. The van der Waals surface area contributed by atoms with Crippen LogP contribution in [-0.4, -0.2) is 66.1 Å². The van der Waals surface area contributed by atoms with Crippen molar-refractivity contribution in [1.29, 1.82) is 0 Å². The number of fused-ring (bicyclic) bond motifs is 3. The zero-order valence-electron chi connectivity index (χ0n) is 21.3. The van der Waals surface area contributed by atoms with E-state index in [4.69, 9.17) is 4.74 Å². The molecule has 0 bridgehead atoms. The van der Waals surface area contributed by atoms with Gasteiger partial charge in [-0.1, -0.05) is 0 Å². The molecule has 2 aromatic heterocycles. The molecular weight excluding hydrogens is 468 g/mol. The van der Waals surface area contributed by atoms with Crippen molar-refractivity contribution in [3.05, 3.63) is 57.5 Å². The Labute approximate surface area is 216 Å². The molecule has 1 aromatic carbocycles. The number of carbonyl (C=O) groups excluding carboxylic acids is 1. The van der Waals surface area contributed by atoms with E-state index in [0.29, 0.717) is 18.2 Å². The standard InChI is InChI=1S/C28H34N6O3/c1-2-37-23-15-18(14-22-25(23)26-21(28(36)32-22)4-3-9-29-26)17-33-10-12-34(13-11-33)24-8-5-19(16-30-24)27(35)31-20-6-7-20/h5,8,14-16,20,29H,2-4,6-7,9-13,17H2,1H3,(H,31,35)(H,32,36). The first-order valence-electron chi connectivity index (χ1n) is 13.4. The number of hydrogen-bond donors (Lipinski definition) is 3. The van der Waals surface area contributed by atoms with Crippen LogP contribution >= 0.6 is 0 Å². The van der Waals surface area contributed by atoms with Crippen LogP contribution < -0.4 is 25.8 Å². The van der Waals surface area contributed by atoms with E-state index in [0.717, 1.165) is 104 Å². The normalized spacial score (nSPS) is 17.8. The molecule has 0 radical (unpaired) electrons. The lowest BCUT2D eigenvalue weighted by molar-refractivity contribution is 0.0950. The molecule has 1 aliphatic carbocycles. The summed E-state index contributed by atoms with van der Waals surface area (Å²) >= 11 is 0. The van der Waals surface area contributed by atoms with Gasteiger partial charge in [0.25, 0.3) is 11.5 Å². The Morgan fingerprint density at radius 2 is 2.03 bits per heavy atom. The molecule has 0 unspecified atom stereocenters. The number of aromatic amines is 1. The van der Waals surface area contributed by atoms with Gasteiger partial charge in [0.1, 0.15) is 11.6 Å². The van der Waals surface area contributed by atoms with Gasteiger partial charge in [0.15, 0.2) is 0 Å². The largest absolute Gasteiger partial charge is 0.493 e. The van der Waals surface area contributed by atoms with Crippen LogP contribution in [0.25, 0.3) is 10.9 Å². The summed E-state index contributed by atoms with van der Waals surface area (Å²) in [6.07, 6.45) is 5.58. The maximum atomic E-state index is 12.7. The number of anilines is 2. The molecule has 1 saturated carbocycles. The molecule has 194 valence electrons. The second-order valence-corrected chi connectivity index (χ2v) is 10.2. The Morgan fingerprint density at radius 1 is 1.19 bits per heavy atom. The second-order valence-electron chi connectivity index (χ2n) is 10.2. The van der Waals surface area contributed by atoms with Gasteiger partial charge in [0.2, 0.25) is 0 Å². The lowest BCUT2D eigenvalue weighted by atomic mass is 9.99. The predicted octanol–water partition coefficient (Wildman–Crippen LogP) is 2.89. The van der Waals surface area contributed by atoms with Gasteiger partial charge in [0, 0.05) is 57.1 Å². The molecule has 1 saturated heterocycles. The topological polar surface area (TPSA) is 103 Å². The Bertz CT molecular complexity index is 1360. The highest BCUT2D eigenvalue weighted by molar-refractivity contribution is 5.98. The molecule has 6 rings (SSSR count). The Morgan fingerprint density at radius 3 is 2.76 bits per heavy atom. The van der Waals surface area contributed by atoms with Gasteiger partial charge < -0.3 is 25.3 Å². The van der Waals surface area contributed by atoms with Gasteiger partial charge in [-0.2, -0.15) is 0 Å². The SMILES string of the molecule is CCOc1cc(CN2CCN(c3ccc(C(=O)NC4CC4)cn3)CC2)cc2[nH]c(=O)c3c(c12)NCCC3. The number of piperazine rings is 1. The molecular formula is C28H34N6O3. The molecule has 3 aromatic rings. The van der Waals surface area contributed by atoms with Crippen LogP contribution in [0.15, 0.2) is 35.3 Å². The number of benzene rings is 1. The minimum absolute atomic E-state index is 0.00792. The zero-order valence-corrected chi connectivity index (χ0v) is 21.3. The summed E-state index contributed by atoms with van der Waals surface area (Å²) in [5.74, 6) is 1.69. The molecule has 0 atom stereocenters. The van der Waals surface area contributed by atoms with E-state index >= 15 is 0 Å². The third kappa shape index (κ3) is 5.00. The summed E-state index contributed by atoms with van der Waals surface area (Å²) in [4.78, 5) is 37.3. The maximum absolute atomic E-state index is 12.7. The highest BCUT2D eigenvalue weighted by atomic mass is 16.5. The summed E-state index contributed by atoms with van der Waals surface area (Å²) in [7, 11) is 0. The Kier molecular flexibility index (Phi) is 6.46. The number of pyridine rings is 2. The van der Waals surface area contributed by atoms with Crippen molar-refractivity contribution in [1.82, 2.24) is 20.2 Å². The van der Waals surface area contributed by atoms with E-state index in [2.05, 4.69) is 42.5 Å². The summed E-state index contributed by atoms with van der Waals surface area (Å²) in [5, 5.41) is 7.43. The lowest BCUT2D eigenvalue weighted by Crippen LogP contribution is -2.46. The minimum Gasteiger partial charge on any atom is -0.493 e. The first kappa shape index (κ1) is 23.8. The van der Waals surface area contributed by atoms with Crippen molar-refractivity contribution in [3.8, 4) is 5.75 Å². The van der Waals surface area contributed by atoms with Gasteiger partial charge in [-0.3, -0.25) is 14.5 Å². The smallest absolute Gasteiger partial charge is 0.253 e. The predicted molar refractivity (Wildman–Crippen MR) is 145 cm³/mol. The van der Waals surface area contributed by atoms with Crippen LogP contribution in [0.2, 0.25) is 0 Å². The average molecular weight is 503 g/mol. The van der Waals surface area contributed by atoms with Crippen molar-refractivity contribution in [2.45, 2.75) is 45.2 Å². The van der Waals surface area contributed by atoms with Crippen LogP contribution in [0.4, 0.5) is 11.5 Å². The third-order valence-corrected chi connectivity index (χ3v) is 7.47. The Hall–Kier alpha value is -3.59. The number of hydrogen-bond acceptors (Lipinski definition) is 7. The molecule has 4 heterocycles. The fourth-order valence-corrected chi connectivity index (χ4v) is 5.36. The van der Waals surface area contributed by atoms with Crippen molar-refractivity contribution >= 4 is 28.3 Å². The highest BCUT2D eigenvalue weighted by Gasteiger charge is 2.25. The van der Waals surface area contributed by atoms with E-state index in [9.17, 15) is 9.59 Å². The number of rotatable bonds is 7. The van der Waals surface area contributed by atoms with Crippen LogP contribution in [0.3, 0.4) is 0 Å². The highest BCUT2D eigenvalue weighted by Crippen LogP contribution is 2.36. The molecule has 37 heavy (non-hydrogen) atoms. The quantitative estimate of drug-likeness (QED) is 0.457. The number of nitrogens with one attached hydrogen (secondary N) is 3. The van der Waals surface area contributed by atoms with E-state index in [-0.39, 0.29) is 11.5 Å². The minimum atomic E-state index is -0.0363.